The lowest BCUT2D eigenvalue weighted by Crippen LogP contribution is -2.40. The molecule has 2 aromatic rings. The maximum Gasteiger partial charge on any atom is 0.233 e. The number of nitrogens with zero attached hydrogens (tertiary/aromatic N) is 4. The van der Waals surface area contributed by atoms with Crippen molar-refractivity contribution >= 4 is 17.7 Å². The Kier molecular flexibility index (Phi) is 6.77. The van der Waals surface area contributed by atoms with E-state index in [0.717, 1.165) is 48.3 Å². The third-order valence-corrected chi connectivity index (χ3v) is 5.75. The highest BCUT2D eigenvalue weighted by Crippen LogP contribution is 2.21. The van der Waals surface area contributed by atoms with Crippen LogP contribution in [0.2, 0.25) is 0 Å². The number of rotatable bonds is 7. The Balaban J connectivity index is 1.57. The molecule has 0 radical (unpaired) electrons. The van der Waals surface area contributed by atoms with Gasteiger partial charge in [0.2, 0.25) is 5.91 Å². The van der Waals surface area contributed by atoms with Crippen LogP contribution < -0.4 is 4.74 Å². The summed E-state index contributed by atoms with van der Waals surface area (Å²) in [6.07, 6.45) is 2.31. The lowest BCUT2D eigenvalue weighted by Gasteiger charge is -2.30. The fourth-order valence-corrected chi connectivity index (χ4v) is 4.26. The molecular weight excluding hydrogens is 360 g/mol. The normalized spacial score (nSPS) is 17.1. The van der Waals surface area contributed by atoms with Crippen molar-refractivity contribution in [3.8, 4) is 5.75 Å². The van der Waals surface area contributed by atoms with Crippen LogP contribution in [0.15, 0.2) is 29.4 Å². The van der Waals surface area contributed by atoms with Crippen LogP contribution in [-0.2, 0) is 17.9 Å². The Hall–Kier alpha value is -2.02. The second-order valence-corrected chi connectivity index (χ2v) is 8.07. The van der Waals surface area contributed by atoms with Crippen LogP contribution >= 0.6 is 11.8 Å². The van der Waals surface area contributed by atoms with Crippen LogP contribution in [0.5, 0.6) is 5.75 Å². The Morgan fingerprint density at radius 3 is 2.96 bits per heavy atom. The molecule has 1 fully saturated rings. The van der Waals surface area contributed by atoms with Gasteiger partial charge in [0.25, 0.3) is 0 Å². The average molecular weight is 389 g/mol. The summed E-state index contributed by atoms with van der Waals surface area (Å²) in [7, 11) is 0. The first-order chi connectivity index (χ1) is 13.1. The molecule has 0 unspecified atom stereocenters. The summed E-state index contributed by atoms with van der Waals surface area (Å²) in [6.45, 7) is 9.16. The molecular formula is C20H28N4O2S. The Bertz CT molecular complexity index is 777. The number of carbonyl (C=O) groups excluding carboxylic acids is 1. The molecule has 1 aromatic heterocycles. The van der Waals surface area contributed by atoms with Gasteiger partial charge in [-0.25, -0.2) is 0 Å². The molecule has 1 amide bonds. The lowest BCUT2D eigenvalue weighted by atomic mass is 10.0. The monoisotopic (exact) mass is 388 g/mol. The van der Waals surface area contributed by atoms with Crippen molar-refractivity contribution in [1.82, 2.24) is 19.7 Å². The van der Waals surface area contributed by atoms with Gasteiger partial charge in [0.1, 0.15) is 12.4 Å². The van der Waals surface area contributed by atoms with Gasteiger partial charge >= 0.3 is 0 Å². The molecule has 1 saturated heterocycles. The number of ether oxygens (including phenoxy) is 1. The van der Waals surface area contributed by atoms with E-state index < -0.39 is 0 Å². The summed E-state index contributed by atoms with van der Waals surface area (Å²) in [5, 5.41) is 9.32. The first kappa shape index (κ1) is 19.7. The largest absolute Gasteiger partial charge is 0.486 e. The quantitative estimate of drug-likeness (QED) is 0.679. The number of thioether (sulfide) groups is 1. The van der Waals surface area contributed by atoms with Gasteiger partial charge in [-0.05, 0) is 50.3 Å². The fraction of sp³-hybridized carbons (Fsp3) is 0.550. The third kappa shape index (κ3) is 5.25. The molecule has 3 rings (SSSR count). The number of hydrogen-bond donors (Lipinski definition) is 0. The predicted octanol–water partition coefficient (Wildman–Crippen LogP) is 3.54. The number of benzene rings is 1. The smallest absolute Gasteiger partial charge is 0.233 e. The molecule has 0 bridgehead atoms. The number of piperidine rings is 1. The molecule has 0 spiro atoms. The molecule has 0 saturated carbocycles. The molecule has 27 heavy (non-hydrogen) atoms. The molecule has 2 heterocycles. The van der Waals surface area contributed by atoms with E-state index in [1.54, 1.807) is 0 Å². The first-order valence-electron chi connectivity index (χ1n) is 9.59. The Morgan fingerprint density at radius 2 is 2.22 bits per heavy atom. The van der Waals surface area contributed by atoms with Crippen molar-refractivity contribution < 1.29 is 9.53 Å². The zero-order valence-electron chi connectivity index (χ0n) is 16.4. The second kappa shape index (κ2) is 9.26. The van der Waals surface area contributed by atoms with Gasteiger partial charge in [0, 0.05) is 19.6 Å². The SMILES string of the molecule is CCn1c(COc2cccc(C)c2)nnc1SCC(=O)N1CCC[C@@H](C)C1. The number of amides is 1. The summed E-state index contributed by atoms with van der Waals surface area (Å²) in [4.78, 5) is 14.5. The molecule has 0 aliphatic carbocycles. The van der Waals surface area contributed by atoms with Crippen LogP contribution in [0.25, 0.3) is 0 Å². The molecule has 1 atom stereocenters. The van der Waals surface area contributed by atoms with E-state index in [1.807, 2.05) is 40.7 Å². The molecule has 0 N–H and O–H groups in total. The van der Waals surface area contributed by atoms with Gasteiger partial charge in [-0.1, -0.05) is 30.8 Å². The van der Waals surface area contributed by atoms with Crippen LogP contribution in [-0.4, -0.2) is 44.4 Å². The number of carbonyl (C=O) groups is 1. The van der Waals surface area contributed by atoms with Gasteiger partial charge in [0.05, 0.1) is 5.75 Å². The third-order valence-electron chi connectivity index (χ3n) is 4.80. The van der Waals surface area contributed by atoms with E-state index in [4.69, 9.17) is 4.74 Å². The molecule has 6 nitrogen and oxygen atoms in total. The number of likely N-dealkylation sites (tertiary alicyclic amines) is 1. The minimum atomic E-state index is 0.190. The van der Waals surface area contributed by atoms with Crippen LogP contribution in [0.3, 0.4) is 0 Å². The van der Waals surface area contributed by atoms with Crippen molar-refractivity contribution in [2.45, 2.75) is 51.9 Å². The summed E-state index contributed by atoms with van der Waals surface area (Å²) in [6, 6.07) is 7.95. The highest BCUT2D eigenvalue weighted by molar-refractivity contribution is 7.99. The van der Waals surface area contributed by atoms with Gasteiger partial charge < -0.3 is 14.2 Å². The second-order valence-electron chi connectivity index (χ2n) is 7.12. The maximum atomic E-state index is 12.5. The van der Waals surface area contributed by atoms with Gasteiger partial charge in [-0.3, -0.25) is 4.79 Å². The van der Waals surface area contributed by atoms with E-state index in [9.17, 15) is 4.79 Å². The molecule has 1 aromatic carbocycles. The van der Waals surface area contributed by atoms with Crippen molar-refractivity contribution in [2.24, 2.45) is 5.92 Å². The van der Waals surface area contributed by atoms with E-state index in [1.165, 1.54) is 18.2 Å². The average Bonchev–Trinajstić information content (AvgIpc) is 3.06. The van der Waals surface area contributed by atoms with Crippen LogP contribution in [0.1, 0.15) is 38.1 Å². The van der Waals surface area contributed by atoms with Gasteiger partial charge in [-0.15, -0.1) is 10.2 Å². The van der Waals surface area contributed by atoms with E-state index in [2.05, 4.69) is 24.0 Å². The number of hydrogen-bond acceptors (Lipinski definition) is 5. The molecule has 146 valence electrons. The minimum absolute atomic E-state index is 0.190. The fourth-order valence-electron chi connectivity index (χ4n) is 3.34. The summed E-state index contributed by atoms with van der Waals surface area (Å²) in [5.41, 5.74) is 1.16. The highest BCUT2D eigenvalue weighted by Gasteiger charge is 2.22. The van der Waals surface area contributed by atoms with Crippen LogP contribution in [0, 0.1) is 12.8 Å². The minimum Gasteiger partial charge on any atom is -0.486 e. The zero-order chi connectivity index (χ0) is 19.2. The summed E-state index contributed by atoms with van der Waals surface area (Å²) >= 11 is 1.46. The van der Waals surface area contributed by atoms with E-state index in [-0.39, 0.29) is 5.91 Å². The van der Waals surface area contributed by atoms with Crippen molar-refractivity contribution in [2.75, 3.05) is 18.8 Å². The standard InChI is InChI=1S/C20H28N4O2S/c1-4-24-18(13-26-17-9-5-7-15(2)11-17)21-22-20(24)27-14-19(25)23-10-6-8-16(3)12-23/h5,7,9,11,16H,4,6,8,10,12-14H2,1-3H3/t16-/m1/s1. The van der Waals surface area contributed by atoms with Gasteiger partial charge in [0.15, 0.2) is 11.0 Å². The van der Waals surface area contributed by atoms with E-state index in [0.29, 0.717) is 18.3 Å². The summed E-state index contributed by atoms with van der Waals surface area (Å²) < 4.78 is 7.87. The zero-order valence-corrected chi connectivity index (χ0v) is 17.2. The first-order valence-corrected chi connectivity index (χ1v) is 10.6. The number of aromatic nitrogens is 3. The molecule has 7 heteroatoms. The number of aryl methyl sites for hydroxylation is 1. The molecule has 1 aliphatic rings. The van der Waals surface area contributed by atoms with Crippen LogP contribution in [0.4, 0.5) is 0 Å². The van der Waals surface area contributed by atoms with Crippen molar-refractivity contribution in [3.63, 3.8) is 0 Å². The molecule has 1 aliphatic heterocycles. The Morgan fingerprint density at radius 1 is 1.37 bits per heavy atom. The Labute approximate surface area is 165 Å². The maximum absolute atomic E-state index is 12.5. The summed E-state index contributed by atoms with van der Waals surface area (Å²) in [5.74, 6) is 2.79. The van der Waals surface area contributed by atoms with Crippen molar-refractivity contribution in [1.29, 1.82) is 0 Å². The van der Waals surface area contributed by atoms with E-state index >= 15 is 0 Å². The lowest BCUT2D eigenvalue weighted by molar-refractivity contribution is -0.130. The topological polar surface area (TPSA) is 60.2 Å². The van der Waals surface area contributed by atoms with Crippen molar-refractivity contribution in [3.05, 3.63) is 35.7 Å². The highest BCUT2D eigenvalue weighted by atomic mass is 32.2. The predicted molar refractivity (Wildman–Crippen MR) is 107 cm³/mol. The van der Waals surface area contributed by atoms with Gasteiger partial charge in [-0.2, -0.15) is 0 Å².